The molecule has 0 aliphatic rings. The fourth-order valence-corrected chi connectivity index (χ4v) is 1.16. The molecule has 0 aliphatic heterocycles. The van der Waals surface area contributed by atoms with Gasteiger partial charge in [0.25, 0.3) is 5.92 Å². The molecule has 2 N–H and O–H groups in total. The van der Waals surface area contributed by atoms with E-state index in [0.29, 0.717) is 4.47 Å². The average molecular weight is 254 g/mol. The lowest BCUT2D eigenvalue weighted by molar-refractivity contribution is -0.0228. The first kappa shape index (κ1) is 10.4. The summed E-state index contributed by atoms with van der Waals surface area (Å²) in [7, 11) is 0. The van der Waals surface area contributed by atoms with E-state index in [2.05, 4.69) is 21.0 Å². The smallest absolute Gasteiger partial charge is 0.267 e. The number of aromatic nitrogens is 2. The van der Waals surface area contributed by atoms with Crippen molar-refractivity contribution in [1.29, 1.82) is 0 Å². The molecule has 6 heteroatoms. The second-order valence-electron chi connectivity index (χ2n) is 2.77. The molecule has 0 amide bonds. The van der Waals surface area contributed by atoms with Crippen molar-refractivity contribution < 1.29 is 8.78 Å². The number of nitrogen functional groups attached to an aromatic ring is 1. The van der Waals surface area contributed by atoms with Gasteiger partial charge >= 0.3 is 0 Å². The average Bonchev–Trinajstić information content (AvgIpc) is 2.30. The van der Waals surface area contributed by atoms with Crippen LogP contribution in [0.5, 0.6) is 0 Å². The molecule has 0 aliphatic carbocycles. The Labute approximate surface area is 83.0 Å². The Kier molecular flexibility index (Phi) is 2.90. The van der Waals surface area contributed by atoms with Crippen molar-refractivity contribution in [3.05, 3.63) is 10.7 Å². The molecule has 0 saturated heterocycles. The Bertz CT molecular complexity index is 278. The fraction of sp³-hybridized carbons (Fsp3) is 0.571. The van der Waals surface area contributed by atoms with Gasteiger partial charge in [-0.1, -0.05) is 6.92 Å². The number of alkyl halides is 2. The lowest BCUT2D eigenvalue weighted by atomic mass is 10.3. The van der Waals surface area contributed by atoms with Gasteiger partial charge < -0.3 is 5.73 Å². The quantitative estimate of drug-likeness (QED) is 0.899. The molecule has 1 aromatic rings. The molecule has 3 nitrogen and oxygen atoms in total. The SMILES string of the molecule is CCC(F)(F)Cn1cc(Br)c(N)n1. The van der Waals surface area contributed by atoms with E-state index >= 15 is 0 Å². The van der Waals surface area contributed by atoms with Crippen LogP contribution in [0.25, 0.3) is 0 Å². The van der Waals surface area contributed by atoms with Crippen LogP contribution < -0.4 is 5.73 Å². The van der Waals surface area contributed by atoms with Crippen LogP contribution in [0.15, 0.2) is 10.7 Å². The zero-order chi connectivity index (χ0) is 10.1. The molecule has 0 unspecified atom stereocenters. The lowest BCUT2D eigenvalue weighted by Crippen LogP contribution is -2.22. The Morgan fingerprint density at radius 2 is 2.31 bits per heavy atom. The molecule has 0 fully saturated rings. The maximum atomic E-state index is 12.9. The predicted octanol–water partition coefficient (Wildman–Crippen LogP) is 2.27. The van der Waals surface area contributed by atoms with Gasteiger partial charge in [0, 0.05) is 12.6 Å². The molecule has 0 bridgehead atoms. The van der Waals surface area contributed by atoms with Gasteiger partial charge in [-0.25, -0.2) is 8.78 Å². The van der Waals surface area contributed by atoms with Crippen molar-refractivity contribution in [3.63, 3.8) is 0 Å². The third-order valence-corrected chi connectivity index (χ3v) is 2.26. The van der Waals surface area contributed by atoms with E-state index < -0.39 is 12.5 Å². The summed E-state index contributed by atoms with van der Waals surface area (Å²) >= 11 is 3.09. The molecular weight excluding hydrogens is 244 g/mol. The van der Waals surface area contributed by atoms with Gasteiger partial charge in [0.05, 0.1) is 4.47 Å². The van der Waals surface area contributed by atoms with E-state index in [1.807, 2.05) is 0 Å². The monoisotopic (exact) mass is 253 g/mol. The van der Waals surface area contributed by atoms with Crippen LogP contribution in [-0.2, 0) is 6.54 Å². The highest BCUT2D eigenvalue weighted by Gasteiger charge is 2.27. The Morgan fingerprint density at radius 3 is 2.69 bits per heavy atom. The van der Waals surface area contributed by atoms with Gasteiger partial charge in [0.1, 0.15) is 6.54 Å². The molecule has 0 aromatic carbocycles. The molecule has 74 valence electrons. The summed E-state index contributed by atoms with van der Waals surface area (Å²) < 4.78 is 27.4. The number of anilines is 1. The summed E-state index contributed by atoms with van der Waals surface area (Å²) in [5, 5.41) is 3.71. The topological polar surface area (TPSA) is 43.8 Å². The van der Waals surface area contributed by atoms with E-state index in [-0.39, 0.29) is 12.2 Å². The van der Waals surface area contributed by atoms with Crippen LogP contribution in [0.4, 0.5) is 14.6 Å². The van der Waals surface area contributed by atoms with Crippen molar-refractivity contribution in [3.8, 4) is 0 Å². The minimum atomic E-state index is -2.72. The van der Waals surface area contributed by atoms with E-state index in [1.165, 1.54) is 13.1 Å². The molecule has 0 spiro atoms. The first-order valence-electron chi connectivity index (χ1n) is 3.81. The zero-order valence-electron chi connectivity index (χ0n) is 7.10. The third kappa shape index (κ3) is 2.65. The predicted molar refractivity (Wildman–Crippen MR) is 49.6 cm³/mol. The highest BCUT2D eigenvalue weighted by atomic mass is 79.9. The normalized spacial score (nSPS) is 12.0. The first-order valence-corrected chi connectivity index (χ1v) is 4.60. The minimum absolute atomic E-state index is 0.204. The van der Waals surface area contributed by atoms with E-state index in [9.17, 15) is 8.78 Å². The maximum Gasteiger partial charge on any atom is 0.267 e. The van der Waals surface area contributed by atoms with E-state index in [4.69, 9.17) is 5.73 Å². The second kappa shape index (κ2) is 3.61. The van der Waals surface area contributed by atoms with Crippen LogP contribution in [0.1, 0.15) is 13.3 Å². The Balaban J connectivity index is 2.75. The van der Waals surface area contributed by atoms with Gasteiger partial charge in [-0.2, -0.15) is 5.10 Å². The molecule has 1 aromatic heterocycles. The summed E-state index contributed by atoms with van der Waals surface area (Å²) in [4.78, 5) is 0. The van der Waals surface area contributed by atoms with Crippen LogP contribution >= 0.6 is 15.9 Å². The molecular formula is C7H10BrF2N3. The van der Waals surface area contributed by atoms with Gasteiger partial charge in [-0.3, -0.25) is 4.68 Å². The van der Waals surface area contributed by atoms with Crippen LogP contribution in [-0.4, -0.2) is 15.7 Å². The standard InChI is InChI=1S/C7H10BrF2N3/c1-2-7(9,10)4-13-3-5(8)6(11)12-13/h3H,2,4H2,1H3,(H2,11,12). The van der Waals surface area contributed by atoms with Crippen molar-refractivity contribution in [2.75, 3.05) is 5.73 Å². The minimum Gasteiger partial charge on any atom is -0.381 e. The van der Waals surface area contributed by atoms with Gasteiger partial charge in [-0.15, -0.1) is 0 Å². The number of hydrogen-bond acceptors (Lipinski definition) is 2. The number of nitrogens with zero attached hydrogens (tertiary/aromatic N) is 2. The van der Waals surface area contributed by atoms with Crippen LogP contribution in [0.2, 0.25) is 0 Å². The number of nitrogens with two attached hydrogens (primary N) is 1. The largest absolute Gasteiger partial charge is 0.381 e. The van der Waals surface area contributed by atoms with Crippen molar-refractivity contribution >= 4 is 21.7 Å². The van der Waals surface area contributed by atoms with Crippen LogP contribution in [0, 0.1) is 0 Å². The summed E-state index contributed by atoms with van der Waals surface area (Å²) in [6.07, 6.45) is 1.24. The summed E-state index contributed by atoms with van der Waals surface area (Å²) in [5.41, 5.74) is 5.38. The zero-order valence-corrected chi connectivity index (χ0v) is 8.68. The number of rotatable bonds is 3. The lowest BCUT2D eigenvalue weighted by Gasteiger charge is -2.12. The Morgan fingerprint density at radius 1 is 1.69 bits per heavy atom. The molecule has 0 radical (unpaired) electrons. The fourth-order valence-electron chi connectivity index (χ4n) is 0.842. The van der Waals surface area contributed by atoms with Gasteiger partial charge in [0.15, 0.2) is 5.82 Å². The molecule has 1 rings (SSSR count). The number of hydrogen-bond donors (Lipinski definition) is 1. The van der Waals surface area contributed by atoms with Gasteiger partial charge in [0.2, 0.25) is 0 Å². The highest BCUT2D eigenvalue weighted by molar-refractivity contribution is 9.10. The Hall–Kier alpha value is -0.650. The van der Waals surface area contributed by atoms with Crippen molar-refractivity contribution in [2.24, 2.45) is 0 Å². The molecule has 1 heterocycles. The van der Waals surface area contributed by atoms with Crippen molar-refractivity contribution in [2.45, 2.75) is 25.8 Å². The van der Waals surface area contributed by atoms with Crippen molar-refractivity contribution in [1.82, 2.24) is 9.78 Å². The molecule has 13 heavy (non-hydrogen) atoms. The molecule has 0 saturated carbocycles. The van der Waals surface area contributed by atoms with E-state index in [0.717, 1.165) is 4.68 Å². The van der Waals surface area contributed by atoms with Gasteiger partial charge in [-0.05, 0) is 15.9 Å². The third-order valence-electron chi connectivity index (χ3n) is 1.65. The second-order valence-corrected chi connectivity index (χ2v) is 3.62. The maximum absolute atomic E-state index is 12.9. The summed E-state index contributed by atoms with van der Waals surface area (Å²) in [6, 6.07) is 0. The van der Waals surface area contributed by atoms with Crippen LogP contribution in [0.3, 0.4) is 0 Å². The summed E-state index contributed by atoms with van der Waals surface area (Å²) in [5.74, 6) is -2.50. The van der Waals surface area contributed by atoms with E-state index in [1.54, 1.807) is 0 Å². The first-order chi connectivity index (χ1) is 5.94. The molecule has 0 atom stereocenters. The summed E-state index contributed by atoms with van der Waals surface area (Å²) in [6.45, 7) is 1.00. The highest BCUT2D eigenvalue weighted by Crippen LogP contribution is 2.22. The number of halogens is 3.